The van der Waals surface area contributed by atoms with E-state index in [0.29, 0.717) is 73.5 Å². The standard InChI is InChI=1S/C64H66N4O10/c1-45(2)31-33-67(55-17-5-51(6-18-55)41-53(43-65)63(73)77-59-25-13-49(14-26-59)39-47-9-21-57(69)22-10-47)35-37-75-61(71)29-30-62(72)76-38-36-68(34-32-46(3)4)56-19-7-52(8-20-56)42-54(44-66)64(74)78-60-27-15-50(16-28-60)40-48-11-23-58(70)24-12-48/h5-28,41-42,45-46,69-70H,29-40H2,1-4H3. The van der Waals surface area contributed by atoms with Crippen LogP contribution in [0.1, 0.15) is 86.8 Å². The second-order valence-electron chi connectivity index (χ2n) is 19.6. The molecule has 0 saturated carbocycles. The van der Waals surface area contributed by atoms with Gasteiger partial charge in [0.2, 0.25) is 0 Å². The maximum absolute atomic E-state index is 13.0. The van der Waals surface area contributed by atoms with Gasteiger partial charge in [0.05, 0.1) is 25.9 Å². The number of benzene rings is 6. The molecule has 14 heteroatoms. The van der Waals surface area contributed by atoms with Crippen molar-refractivity contribution in [3.8, 4) is 35.1 Å². The molecule has 0 fully saturated rings. The summed E-state index contributed by atoms with van der Waals surface area (Å²) in [6, 6.07) is 46.6. The van der Waals surface area contributed by atoms with Crippen molar-refractivity contribution < 1.29 is 48.3 Å². The van der Waals surface area contributed by atoms with Gasteiger partial charge in [0.15, 0.2) is 0 Å². The fraction of sp³-hybridized carbons (Fsp3) is 0.281. The first-order chi connectivity index (χ1) is 37.6. The number of esters is 4. The van der Waals surface area contributed by atoms with Gasteiger partial charge < -0.3 is 39.0 Å². The molecule has 0 heterocycles. The maximum atomic E-state index is 13.0. The highest BCUT2D eigenvalue weighted by atomic mass is 16.5. The SMILES string of the molecule is CC(C)CCN(CCOC(=O)CCC(=O)OCCN(CCC(C)C)c1ccc(C=C(C#N)C(=O)Oc2ccc(Cc3ccc(O)cc3)cc2)cc1)c1ccc(C=C(C#N)C(=O)Oc2ccc(Cc3ccc(O)cc3)cc2)cc1. The Labute approximate surface area is 457 Å². The smallest absolute Gasteiger partial charge is 0.354 e. The minimum Gasteiger partial charge on any atom is -0.508 e. The van der Waals surface area contributed by atoms with Gasteiger partial charge in [-0.3, -0.25) is 9.59 Å². The molecule has 6 aromatic rings. The average molecular weight is 1050 g/mol. The highest BCUT2D eigenvalue weighted by Crippen LogP contribution is 2.24. The van der Waals surface area contributed by atoms with Crippen LogP contribution in [0.15, 0.2) is 157 Å². The lowest BCUT2D eigenvalue weighted by Gasteiger charge is -2.26. The molecule has 6 aromatic carbocycles. The quantitative estimate of drug-likeness (QED) is 0.0214. The number of nitrogens with zero attached hydrogens (tertiary/aromatic N) is 4. The van der Waals surface area contributed by atoms with Crippen molar-refractivity contribution in [1.29, 1.82) is 10.5 Å². The van der Waals surface area contributed by atoms with Gasteiger partial charge >= 0.3 is 23.9 Å². The lowest BCUT2D eigenvalue weighted by atomic mass is 10.0. The topological polar surface area (TPSA) is 200 Å². The number of hydrogen-bond donors (Lipinski definition) is 2. The summed E-state index contributed by atoms with van der Waals surface area (Å²) in [5.74, 6) is -0.761. The molecule has 0 bridgehead atoms. The highest BCUT2D eigenvalue weighted by Gasteiger charge is 2.17. The molecular formula is C64H66N4O10. The van der Waals surface area contributed by atoms with Gasteiger partial charge in [0.25, 0.3) is 0 Å². The molecule has 0 atom stereocenters. The van der Waals surface area contributed by atoms with Crippen molar-refractivity contribution in [3.63, 3.8) is 0 Å². The molecule has 0 aliphatic heterocycles. The van der Waals surface area contributed by atoms with Crippen LogP contribution in [0.4, 0.5) is 11.4 Å². The van der Waals surface area contributed by atoms with E-state index in [2.05, 4.69) is 37.5 Å². The predicted octanol–water partition coefficient (Wildman–Crippen LogP) is 11.6. The molecular weight excluding hydrogens is 985 g/mol. The summed E-state index contributed by atoms with van der Waals surface area (Å²) in [6.45, 7) is 10.9. The molecule has 0 aromatic heterocycles. The molecule has 402 valence electrons. The third-order valence-electron chi connectivity index (χ3n) is 12.5. The van der Waals surface area contributed by atoms with Gasteiger partial charge in [-0.05, 0) is 156 Å². The largest absolute Gasteiger partial charge is 0.508 e. The lowest BCUT2D eigenvalue weighted by Crippen LogP contribution is -2.30. The van der Waals surface area contributed by atoms with Crippen LogP contribution in [-0.2, 0) is 41.5 Å². The van der Waals surface area contributed by atoms with Gasteiger partial charge in [-0.2, -0.15) is 10.5 Å². The third-order valence-corrected chi connectivity index (χ3v) is 12.5. The fourth-order valence-corrected chi connectivity index (χ4v) is 8.00. The summed E-state index contributed by atoms with van der Waals surface area (Å²) in [5, 5.41) is 38.7. The normalized spacial score (nSPS) is 11.3. The van der Waals surface area contributed by atoms with E-state index >= 15 is 0 Å². The second-order valence-corrected chi connectivity index (χ2v) is 19.6. The maximum Gasteiger partial charge on any atom is 0.354 e. The fourth-order valence-electron chi connectivity index (χ4n) is 8.00. The third kappa shape index (κ3) is 19.5. The zero-order valence-corrected chi connectivity index (χ0v) is 44.6. The number of nitriles is 2. The second kappa shape index (κ2) is 29.8. The monoisotopic (exact) mass is 1050 g/mol. The first-order valence-corrected chi connectivity index (χ1v) is 26.1. The predicted molar refractivity (Wildman–Crippen MR) is 301 cm³/mol. The molecule has 0 aliphatic carbocycles. The number of rotatable bonds is 27. The number of carbonyl (C=O) groups excluding carboxylic acids is 4. The Balaban J connectivity index is 0.936. The van der Waals surface area contributed by atoms with Gasteiger partial charge in [-0.15, -0.1) is 0 Å². The Kier molecular flexibility index (Phi) is 22.2. The van der Waals surface area contributed by atoms with E-state index in [9.17, 15) is 39.9 Å². The molecule has 0 amide bonds. The Bertz CT molecular complexity index is 2850. The van der Waals surface area contributed by atoms with Crippen LogP contribution in [0.3, 0.4) is 0 Å². The number of hydrogen-bond acceptors (Lipinski definition) is 14. The zero-order chi connectivity index (χ0) is 55.8. The van der Waals surface area contributed by atoms with Crippen LogP contribution in [-0.4, -0.2) is 73.5 Å². The van der Waals surface area contributed by atoms with E-state index in [0.717, 1.165) is 46.5 Å². The Hall–Kier alpha value is -9.14. The van der Waals surface area contributed by atoms with Crippen LogP contribution in [0.25, 0.3) is 12.2 Å². The van der Waals surface area contributed by atoms with Gasteiger partial charge in [0, 0.05) is 24.5 Å². The number of ether oxygens (including phenoxy) is 4. The average Bonchev–Trinajstić information content (AvgIpc) is 3.43. The Morgan fingerprint density at radius 1 is 0.474 bits per heavy atom. The van der Waals surface area contributed by atoms with E-state index in [1.54, 1.807) is 72.8 Å². The van der Waals surface area contributed by atoms with Crippen molar-refractivity contribution in [3.05, 3.63) is 190 Å². The number of phenolic OH excluding ortho intramolecular Hbond substituents is 2. The van der Waals surface area contributed by atoms with Crippen LogP contribution in [0, 0.1) is 34.5 Å². The van der Waals surface area contributed by atoms with E-state index < -0.39 is 23.9 Å². The van der Waals surface area contributed by atoms with E-state index in [1.807, 2.05) is 84.9 Å². The first kappa shape index (κ1) is 58.1. The van der Waals surface area contributed by atoms with Crippen molar-refractivity contribution in [2.45, 2.75) is 66.2 Å². The molecule has 0 aliphatic rings. The Morgan fingerprint density at radius 3 is 1.10 bits per heavy atom. The van der Waals surface area contributed by atoms with E-state index in [-0.39, 0.29) is 48.7 Å². The summed E-state index contributed by atoms with van der Waals surface area (Å²) in [4.78, 5) is 55.8. The van der Waals surface area contributed by atoms with Gasteiger partial charge in [-0.25, -0.2) is 9.59 Å². The summed E-state index contributed by atoms with van der Waals surface area (Å²) < 4.78 is 22.1. The van der Waals surface area contributed by atoms with Crippen molar-refractivity contribution in [1.82, 2.24) is 0 Å². The summed E-state index contributed by atoms with van der Waals surface area (Å²) in [7, 11) is 0. The van der Waals surface area contributed by atoms with Crippen LogP contribution >= 0.6 is 0 Å². The zero-order valence-electron chi connectivity index (χ0n) is 44.6. The molecule has 0 spiro atoms. The van der Waals surface area contributed by atoms with Crippen LogP contribution in [0.2, 0.25) is 0 Å². The number of carbonyl (C=O) groups is 4. The molecule has 14 nitrogen and oxygen atoms in total. The minimum absolute atomic E-state index is 0.0934. The van der Waals surface area contributed by atoms with Crippen molar-refractivity contribution in [2.75, 3.05) is 49.2 Å². The highest BCUT2D eigenvalue weighted by molar-refractivity contribution is 6.00. The van der Waals surface area contributed by atoms with Crippen LogP contribution < -0.4 is 19.3 Å². The number of anilines is 2. The number of phenols is 2. The molecule has 0 saturated heterocycles. The summed E-state index contributed by atoms with van der Waals surface area (Å²) in [5.41, 5.74) is 6.67. The number of aromatic hydroxyl groups is 2. The van der Waals surface area contributed by atoms with Gasteiger partial charge in [-0.1, -0.05) is 100 Å². The molecule has 78 heavy (non-hydrogen) atoms. The van der Waals surface area contributed by atoms with Crippen molar-refractivity contribution >= 4 is 47.4 Å². The van der Waals surface area contributed by atoms with Gasteiger partial charge in [0.1, 0.15) is 59.5 Å². The molecule has 2 N–H and O–H groups in total. The summed E-state index contributed by atoms with van der Waals surface area (Å²) in [6.07, 6.45) is 5.70. The first-order valence-electron chi connectivity index (χ1n) is 26.1. The molecule has 6 rings (SSSR count). The van der Waals surface area contributed by atoms with Crippen molar-refractivity contribution in [2.24, 2.45) is 11.8 Å². The summed E-state index contributed by atoms with van der Waals surface area (Å²) >= 11 is 0. The lowest BCUT2D eigenvalue weighted by molar-refractivity contribution is -0.150. The van der Waals surface area contributed by atoms with Crippen LogP contribution in [0.5, 0.6) is 23.0 Å². The minimum atomic E-state index is -0.779. The van der Waals surface area contributed by atoms with E-state index in [1.165, 1.54) is 12.2 Å². The Morgan fingerprint density at radius 2 is 0.795 bits per heavy atom. The molecule has 0 radical (unpaired) electrons. The molecule has 0 unspecified atom stereocenters. The van der Waals surface area contributed by atoms with E-state index in [4.69, 9.17) is 18.9 Å².